The van der Waals surface area contributed by atoms with E-state index >= 15 is 0 Å². The van der Waals surface area contributed by atoms with Gasteiger partial charge in [0.2, 0.25) is 11.7 Å². The molecule has 0 radical (unpaired) electrons. The summed E-state index contributed by atoms with van der Waals surface area (Å²) in [5.74, 6) is -1.18. The number of nitrogens with one attached hydrogen (secondary N) is 2. The van der Waals surface area contributed by atoms with Gasteiger partial charge in [0, 0.05) is 47.2 Å². The molecule has 1 aliphatic heterocycles. The molecule has 314 valence electrons. The third-order valence-electron chi connectivity index (χ3n) is 7.46. The Balaban J connectivity index is 0.000000318. The molecule has 2 N–H and O–H groups in total. The van der Waals surface area contributed by atoms with Gasteiger partial charge in [0.05, 0.1) is 48.8 Å². The Morgan fingerprint density at radius 1 is 1.12 bits per heavy atom. The third kappa shape index (κ3) is 16.6. The minimum Gasteiger partial charge on any atom is -0.462 e. The van der Waals surface area contributed by atoms with E-state index in [2.05, 4.69) is 87.4 Å². The first-order valence-corrected chi connectivity index (χ1v) is 22.7. The zero-order valence-corrected chi connectivity index (χ0v) is 42.3. The van der Waals surface area contributed by atoms with Gasteiger partial charge in [-0.15, -0.1) is 5.10 Å². The maximum atomic E-state index is 11.9. The summed E-state index contributed by atoms with van der Waals surface area (Å²) >= 11 is 36.3. The van der Waals surface area contributed by atoms with Crippen LogP contribution < -0.4 is 15.2 Å². The summed E-state index contributed by atoms with van der Waals surface area (Å²) in [6, 6.07) is 7.10. The molecule has 3 atom stereocenters. The second kappa shape index (κ2) is 25.8. The van der Waals surface area contributed by atoms with Gasteiger partial charge in [0.25, 0.3) is 0 Å². The Kier molecular flexibility index (Phi) is 23.3. The quantitative estimate of drug-likeness (QED) is 0.0399. The van der Waals surface area contributed by atoms with Crippen LogP contribution in [-0.4, -0.2) is 89.1 Å². The summed E-state index contributed by atoms with van der Waals surface area (Å²) in [6.45, 7) is 10.8. The van der Waals surface area contributed by atoms with Crippen LogP contribution >= 0.6 is 54.4 Å². The van der Waals surface area contributed by atoms with E-state index in [-0.39, 0.29) is 44.1 Å². The Labute approximate surface area is 388 Å². The number of ether oxygens (including phenoxy) is 3. The van der Waals surface area contributed by atoms with E-state index in [9.17, 15) is 4.79 Å². The van der Waals surface area contributed by atoms with Crippen molar-refractivity contribution < 1.29 is 52.1 Å². The summed E-state index contributed by atoms with van der Waals surface area (Å²) < 4.78 is 37.6. The van der Waals surface area contributed by atoms with Crippen molar-refractivity contribution in [3.05, 3.63) is 70.0 Å². The molecule has 3 aromatic heterocycles. The summed E-state index contributed by atoms with van der Waals surface area (Å²) in [6.07, 6.45) is 6.67. The van der Waals surface area contributed by atoms with Crippen LogP contribution in [0.15, 0.2) is 43.1 Å². The van der Waals surface area contributed by atoms with Crippen LogP contribution in [0, 0.1) is 6.92 Å². The fraction of sp³-hybridized carbons (Fsp3) is 0.500. The standard InChI is InChI=1S/C15H17Cl2N3O2.C14H20N3O5PS.C5H10N2S4.Zn/c1-2-3-12-7-21-15(22-12,8-20-10-18-9-19-20)13-5-4-11(16)6-14(13)17;1-5-19-14(18)11-9-17-12(15-10(11)4)8-13(16-17)22-23(24,20-6-2)21-7-3;1-3(7-5(10)11)2-6-4(8)9;/h4-6,9-10,12H,2-3,7-8H2,1H3;8-9H,5-7H2,1-4H3;3H,2H2,1H3,(H2,6,8,9)(H2,7,10,11);/q;;;+2/p-2. The number of benzene rings is 1. The van der Waals surface area contributed by atoms with Gasteiger partial charge in [-0.3, -0.25) is 9.05 Å². The molecule has 0 aliphatic carbocycles. The summed E-state index contributed by atoms with van der Waals surface area (Å²) in [4.78, 5) is 20.2. The molecular weight excluding hydrogens is 960 g/mol. The van der Waals surface area contributed by atoms with Crippen molar-refractivity contribution in [3.8, 4) is 5.88 Å². The van der Waals surface area contributed by atoms with Crippen molar-refractivity contribution in [2.45, 2.75) is 78.9 Å². The van der Waals surface area contributed by atoms with Crippen LogP contribution in [-0.2, 0) is 92.1 Å². The van der Waals surface area contributed by atoms with Crippen LogP contribution in [0.2, 0.25) is 10.0 Å². The largest absolute Gasteiger partial charge is 2.00 e. The average molecular weight is 1010 g/mol. The number of aromatic nitrogens is 6. The molecule has 0 amide bonds. The second-order valence-electron chi connectivity index (χ2n) is 11.9. The van der Waals surface area contributed by atoms with E-state index < -0.39 is 18.5 Å². The summed E-state index contributed by atoms with van der Waals surface area (Å²) in [5, 5.41) is 15.2. The van der Waals surface area contributed by atoms with Crippen LogP contribution in [0.25, 0.3) is 5.65 Å². The van der Waals surface area contributed by atoms with E-state index in [1.165, 1.54) is 10.8 Å². The molecule has 1 saturated heterocycles. The van der Waals surface area contributed by atoms with Gasteiger partial charge in [-0.1, -0.05) is 51.3 Å². The number of thiocarbonyl (C=S) groups is 2. The van der Waals surface area contributed by atoms with Gasteiger partial charge >= 0.3 is 32.2 Å². The van der Waals surface area contributed by atoms with E-state index in [1.54, 1.807) is 49.3 Å². The molecule has 1 fully saturated rings. The van der Waals surface area contributed by atoms with Gasteiger partial charge in [0.15, 0.2) is 5.65 Å². The SMILES string of the molecule is CC(CNC(=S)[S-])NC(=S)[S-].CCCC1COC(Cn2cncn2)(c2ccc(Cl)cc2Cl)O1.CCOC(=O)c1cn2nc(OP(=S)(OCC)OCC)cc2nc1C.[Zn+2]. The zero-order valence-electron chi connectivity index (χ0n) is 32.8. The number of rotatable bonds is 16. The molecule has 1 aromatic carbocycles. The van der Waals surface area contributed by atoms with Crippen LogP contribution in [0.4, 0.5) is 0 Å². The fourth-order valence-electron chi connectivity index (χ4n) is 5.12. The van der Waals surface area contributed by atoms with Crippen molar-refractivity contribution in [1.29, 1.82) is 0 Å². The number of halogens is 2. The van der Waals surface area contributed by atoms with E-state index in [4.69, 9.17) is 62.8 Å². The fourth-order valence-corrected chi connectivity index (χ4v) is 8.23. The van der Waals surface area contributed by atoms with Gasteiger partial charge in [0.1, 0.15) is 19.2 Å². The molecule has 0 spiro atoms. The Morgan fingerprint density at radius 3 is 2.40 bits per heavy atom. The Hall–Kier alpha value is -1.84. The zero-order chi connectivity index (χ0) is 42.2. The molecule has 58 heavy (non-hydrogen) atoms. The number of esters is 1. The molecule has 3 unspecified atom stereocenters. The average Bonchev–Trinajstić information content (AvgIpc) is 3.88. The molecule has 15 nitrogen and oxygen atoms in total. The number of aryl methyl sites for hydroxylation is 1. The molecule has 1 aliphatic rings. The maximum absolute atomic E-state index is 11.9. The molecule has 4 aromatic rings. The van der Waals surface area contributed by atoms with E-state index in [1.807, 2.05) is 26.8 Å². The van der Waals surface area contributed by atoms with Crippen LogP contribution in [0.5, 0.6) is 5.88 Å². The molecule has 4 heterocycles. The smallest absolute Gasteiger partial charge is 0.462 e. The number of nitrogens with zero attached hydrogens (tertiary/aromatic N) is 6. The first kappa shape index (κ1) is 52.3. The van der Waals surface area contributed by atoms with Crippen molar-refractivity contribution in [1.82, 2.24) is 40.0 Å². The Bertz CT molecular complexity index is 1980. The topological polar surface area (TPSA) is 157 Å². The van der Waals surface area contributed by atoms with Crippen molar-refractivity contribution in [3.63, 3.8) is 0 Å². The number of carbonyl (C=O) groups excluding carboxylic acids is 1. The van der Waals surface area contributed by atoms with Gasteiger partial charge in [-0.25, -0.2) is 24.0 Å². The van der Waals surface area contributed by atoms with Crippen LogP contribution in [0.1, 0.15) is 69.1 Å². The van der Waals surface area contributed by atoms with Gasteiger partial charge < -0.3 is 79.1 Å². The minimum absolute atomic E-state index is 0. The summed E-state index contributed by atoms with van der Waals surface area (Å²) in [5.41, 5.74) is 2.16. The first-order valence-electron chi connectivity index (χ1n) is 17.7. The minimum atomic E-state index is -2.91. The van der Waals surface area contributed by atoms with Crippen molar-refractivity contribution >= 4 is 112 Å². The monoisotopic (exact) mass is 1000 g/mol. The third-order valence-corrected chi connectivity index (χ3v) is 10.9. The van der Waals surface area contributed by atoms with Crippen molar-refractivity contribution in [2.75, 3.05) is 33.0 Å². The number of hydrogen-bond donors (Lipinski definition) is 2. The van der Waals surface area contributed by atoms with E-state index in [0.717, 1.165) is 18.4 Å². The van der Waals surface area contributed by atoms with Crippen molar-refractivity contribution in [2.24, 2.45) is 0 Å². The predicted molar refractivity (Wildman–Crippen MR) is 236 cm³/mol. The summed E-state index contributed by atoms with van der Waals surface area (Å²) in [7, 11) is 0. The molecule has 5 rings (SSSR count). The second-order valence-corrected chi connectivity index (χ2v) is 17.9. The molecular formula is C34H45Cl2N8O7PS5Zn. The van der Waals surface area contributed by atoms with Crippen LogP contribution in [0.3, 0.4) is 0 Å². The molecule has 0 bridgehead atoms. The molecule has 24 heteroatoms. The first-order chi connectivity index (χ1) is 27.1. The van der Waals surface area contributed by atoms with Gasteiger partial charge in [-0.2, -0.15) is 5.10 Å². The number of carbonyl (C=O) groups is 1. The number of hydrogen-bond acceptors (Lipinski definition) is 16. The normalized spacial score (nSPS) is 16.4. The number of fused-ring (bicyclic) bond motifs is 1. The van der Waals surface area contributed by atoms with E-state index in [0.29, 0.717) is 68.5 Å². The maximum Gasteiger partial charge on any atom is 2.00 e. The predicted octanol–water partition coefficient (Wildman–Crippen LogP) is 6.76. The Morgan fingerprint density at radius 2 is 1.83 bits per heavy atom. The molecule has 0 saturated carbocycles. The van der Waals surface area contributed by atoms with Gasteiger partial charge in [-0.05, 0) is 53.2 Å².